The molecule has 2 nitrogen and oxygen atoms in total. The van der Waals surface area contributed by atoms with Gasteiger partial charge in [-0.25, -0.2) is 0 Å². The van der Waals surface area contributed by atoms with Crippen LogP contribution in [0.1, 0.15) is 49.7 Å². The van der Waals surface area contributed by atoms with E-state index in [0.29, 0.717) is 18.2 Å². The van der Waals surface area contributed by atoms with Crippen molar-refractivity contribution in [2.45, 2.75) is 63.6 Å². The Balaban J connectivity index is 1.47. The highest BCUT2D eigenvalue weighted by Gasteiger charge is 2.33. The molecule has 19 heavy (non-hydrogen) atoms. The van der Waals surface area contributed by atoms with Crippen LogP contribution in [0.5, 0.6) is 0 Å². The van der Waals surface area contributed by atoms with E-state index < -0.39 is 0 Å². The summed E-state index contributed by atoms with van der Waals surface area (Å²) in [5.74, 6) is 0.758. The van der Waals surface area contributed by atoms with Gasteiger partial charge in [-0.15, -0.1) is 0 Å². The first kappa shape index (κ1) is 13.1. The third-order valence-electron chi connectivity index (χ3n) is 4.67. The molecule has 0 amide bonds. The first-order chi connectivity index (χ1) is 9.22. The van der Waals surface area contributed by atoms with Crippen LogP contribution in [0.4, 0.5) is 0 Å². The minimum absolute atomic E-state index is 0.443. The van der Waals surface area contributed by atoms with E-state index in [4.69, 9.17) is 4.74 Å². The summed E-state index contributed by atoms with van der Waals surface area (Å²) in [5, 5.41) is 3.75. The van der Waals surface area contributed by atoms with Gasteiger partial charge in [0.1, 0.15) is 0 Å². The van der Waals surface area contributed by atoms with Gasteiger partial charge in [0.25, 0.3) is 0 Å². The summed E-state index contributed by atoms with van der Waals surface area (Å²) in [6.07, 6.45) is 5.45. The van der Waals surface area contributed by atoms with Crippen LogP contribution in [0.25, 0.3) is 0 Å². The van der Waals surface area contributed by atoms with Gasteiger partial charge in [0, 0.05) is 18.7 Å². The van der Waals surface area contributed by atoms with E-state index in [1.807, 2.05) is 0 Å². The molecule has 0 aromatic heterocycles. The molecule has 2 fully saturated rings. The Kier molecular flexibility index (Phi) is 3.90. The van der Waals surface area contributed by atoms with Crippen molar-refractivity contribution in [2.24, 2.45) is 0 Å². The highest BCUT2D eigenvalue weighted by molar-refractivity contribution is 5.27. The second-order valence-electron chi connectivity index (χ2n) is 6.29. The zero-order valence-electron chi connectivity index (χ0n) is 12.1. The highest BCUT2D eigenvalue weighted by atomic mass is 16.5. The number of nitrogens with one attached hydrogen (secondary N) is 1. The van der Waals surface area contributed by atoms with E-state index in [1.54, 1.807) is 0 Å². The van der Waals surface area contributed by atoms with Crippen LogP contribution in [-0.2, 0) is 4.74 Å². The third kappa shape index (κ3) is 3.01. The molecule has 1 aliphatic heterocycles. The van der Waals surface area contributed by atoms with Crippen LogP contribution in [0, 0.1) is 6.92 Å². The van der Waals surface area contributed by atoms with Gasteiger partial charge in [-0.1, -0.05) is 29.8 Å². The van der Waals surface area contributed by atoms with Crippen LogP contribution >= 0.6 is 0 Å². The molecule has 1 heterocycles. The minimum atomic E-state index is 0.443. The largest absolute Gasteiger partial charge is 0.377 e. The van der Waals surface area contributed by atoms with E-state index >= 15 is 0 Å². The number of hydrogen-bond donors (Lipinski definition) is 1. The fourth-order valence-electron chi connectivity index (χ4n) is 3.43. The summed E-state index contributed by atoms with van der Waals surface area (Å²) >= 11 is 0. The van der Waals surface area contributed by atoms with E-state index in [1.165, 1.54) is 36.8 Å². The van der Waals surface area contributed by atoms with Gasteiger partial charge in [0.2, 0.25) is 0 Å². The Bertz CT molecular complexity index is 419. The smallest absolute Gasteiger partial charge is 0.0726 e. The maximum Gasteiger partial charge on any atom is 0.0726 e. The van der Waals surface area contributed by atoms with E-state index in [0.717, 1.165) is 12.5 Å². The predicted molar refractivity (Wildman–Crippen MR) is 78.5 cm³/mol. The number of hydrogen-bond acceptors (Lipinski definition) is 2. The van der Waals surface area contributed by atoms with Crippen LogP contribution in [-0.4, -0.2) is 24.8 Å². The van der Waals surface area contributed by atoms with Crippen molar-refractivity contribution < 1.29 is 4.74 Å². The Hall–Kier alpha value is -0.860. The van der Waals surface area contributed by atoms with Gasteiger partial charge in [0.15, 0.2) is 0 Å². The monoisotopic (exact) mass is 259 g/mol. The summed E-state index contributed by atoms with van der Waals surface area (Å²) < 4.78 is 5.75. The molecule has 0 bridgehead atoms. The summed E-state index contributed by atoms with van der Waals surface area (Å²) in [6, 6.07) is 10.2. The molecule has 2 aliphatic rings. The van der Waals surface area contributed by atoms with E-state index in [-0.39, 0.29) is 0 Å². The van der Waals surface area contributed by atoms with Crippen molar-refractivity contribution in [3.63, 3.8) is 0 Å². The lowest BCUT2D eigenvalue weighted by atomic mass is 9.75. The molecule has 1 aromatic carbocycles. The molecular formula is C17H25NO. The second-order valence-corrected chi connectivity index (χ2v) is 6.29. The fourth-order valence-corrected chi connectivity index (χ4v) is 3.43. The number of ether oxygens (including phenoxy) is 1. The SMILES string of the molecule is Cc1cccc(C2CC(NC(C)C3CCCO3)C2)c1. The van der Waals surface area contributed by atoms with Crippen molar-refractivity contribution in [2.75, 3.05) is 6.61 Å². The molecule has 1 N–H and O–H groups in total. The Labute approximate surface area is 116 Å². The average molecular weight is 259 g/mol. The standard InChI is InChI=1S/C17H25NO/c1-12-5-3-6-14(9-12)15-10-16(11-15)18-13(2)17-7-4-8-19-17/h3,5-6,9,13,15-18H,4,7-8,10-11H2,1-2H3. The molecule has 1 saturated carbocycles. The van der Waals surface area contributed by atoms with Crippen LogP contribution in [0.2, 0.25) is 0 Å². The van der Waals surface area contributed by atoms with Crippen molar-refractivity contribution in [1.82, 2.24) is 5.32 Å². The fraction of sp³-hybridized carbons (Fsp3) is 0.647. The van der Waals surface area contributed by atoms with Crippen LogP contribution < -0.4 is 5.32 Å². The minimum Gasteiger partial charge on any atom is -0.377 e. The lowest BCUT2D eigenvalue weighted by molar-refractivity contribution is 0.0731. The van der Waals surface area contributed by atoms with Gasteiger partial charge >= 0.3 is 0 Å². The summed E-state index contributed by atoms with van der Waals surface area (Å²) in [6.45, 7) is 5.40. The summed E-state index contributed by atoms with van der Waals surface area (Å²) in [5.41, 5.74) is 2.89. The zero-order chi connectivity index (χ0) is 13.2. The maximum atomic E-state index is 5.75. The maximum absolute atomic E-state index is 5.75. The molecule has 1 aliphatic carbocycles. The predicted octanol–water partition coefficient (Wildman–Crippen LogP) is 3.40. The quantitative estimate of drug-likeness (QED) is 0.895. The molecule has 2 heteroatoms. The van der Waals surface area contributed by atoms with Crippen molar-refractivity contribution in [1.29, 1.82) is 0 Å². The van der Waals surface area contributed by atoms with Crippen LogP contribution in [0.3, 0.4) is 0 Å². The summed E-state index contributed by atoms with van der Waals surface area (Å²) in [4.78, 5) is 0. The van der Waals surface area contributed by atoms with Gasteiger partial charge in [-0.3, -0.25) is 0 Å². The van der Waals surface area contributed by atoms with Gasteiger partial charge in [0.05, 0.1) is 6.10 Å². The topological polar surface area (TPSA) is 21.3 Å². The molecule has 104 valence electrons. The highest BCUT2D eigenvalue weighted by Crippen LogP contribution is 2.37. The molecular weight excluding hydrogens is 234 g/mol. The average Bonchev–Trinajstić information content (AvgIpc) is 2.86. The Morgan fingerprint density at radius 3 is 2.84 bits per heavy atom. The number of benzene rings is 1. The molecule has 3 rings (SSSR count). The number of rotatable bonds is 4. The molecule has 0 radical (unpaired) electrons. The zero-order valence-corrected chi connectivity index (χ0v) is 12.1. The first-order valence-electron chi connectivity index (χ1n) is 7.66. The molecule has 0 spiro atoms. The van der Waals surface area contributed by atoms with E-state index in [2.05, 4.69) is 43.4 Å². The van der Waals surface area contributed by atoms with Crippen LogP contribution in [0.15, 0.2) is 24.3 Å². The molecule has 1 aromatic rings. The van der Waals surface area contributed by atoms with Crippen molar-refractivity contribution in [3.8, 4) is 0 Å². The molecule has 2 atom stereocenters. The first-order valence-corrected chi connectivity index (χ1v) is 7.66. The Morgan fingerprint density at radius 2 is 2.16 bits per heavy atom. The molecule has 1 saturated heterocycles. The Morgan fingerprint density at radius 1 is 1.32 bits per heavy atom. The van der Waals surface area contributed by atoms with Crippen molar-refractivity contribution in [3.05, 3.63) is 35.4 Å². The normalized spacial score (nSPS) is 32.0. The summed E-state index contributed by atoms with van der Waals surface area (Å²) in [7, 11) is 0. The lowest BCUT2D eigenvalue weighted by Crippen LogP contribution is -2.48. The van der Waals surface area contributed by atoms with Gasteiger partial charge < -0.3 is 10.1 Å². The lowest BCUT2D eigenvalue weighted by Gasteiger charge is -2.39. The van der Waals surface area contributed by atoms with Crippen molar-refractivity contribution >= 4 is 0 Å². The third-order valence-corrected chi connectivity index (χ3v) is 4.67. The number of aryl methyl sites for hydroxylation is 1. The van der Waals surface area contributed by atoms with Gasteiger partial charge in [-0.05, 0) is 51.0 Å². The van der Waals surface area contributed by atoms with E-state index in [9.17, 15) is 0 Å². The van der Waals surface area contributed by atoms with Gasteiger partial charge in [-0.2, -0.15) is 0 Å². The molecule has 2 unspecified atom stereocenters. The second kappa shape index (κ2) is 5.64.